The average Bonchev–Trinajstić information content (AvgIpc) is 2.28. The summed E-state index contributed by atoms with van der Waals surface area (Å²) >= 11 is 0. The van der Waals surface area contributed by atoms with Gasteiger partial charge in [0.2, 0.25) is 0 Å². The molecule has 0 amide bonds. The van der Waals surface area contributed by atoms with Crippen LogP contribution in [0, 0.1) is 28.6 Å². The molecule has 1 rings (SSSR count). The number of hydrogen-bond donors (Lipinski definition) is 0. The predicted molar refractivity (Wildman–Crippen MR) is 59.0 cm³/mol. The van der Waals surface area contributed by atoms with Crippen LogP contribution < -0.4 is 0 Å². The summed E-state index contributed by atoms with van der Waals surface area (Å²) in [6.07, 6.45) is 0. The van der Waals surface area contributed by atoms with Gasteiger partial charge in [-0.3, -0.25) is 0 Å². The van der Waals surface area contributed by atoms with E-state index in [0.29, 0.717) is 5.56 Å². The van der Waals surface area contributed by atoms with Gasteiger partial charge in [-0.05, 0) is 30.5 Å². The Morgan fingerprint density at radius 3 is 2.00 bits per heavy atom. The summed E-state index contributed by atoms with van der Waals surface area (Å²) in [5, 5.41) is 17.9. The van der Waals surface area contributed by atoms with Crippen LogP contribution in [0.1, 0.15) is 31.9 Å². The zero-order valence-corrected chi connectivity index (χ0v) is 9.28. The topological polar surface area (TPSA) is 47.6 Å². The van der Waals surface area contributed by atoms with Gasteiger partial charge in [0.05, 0.1) is 23.1 Å². The molecule has 2 nitrogen and oxygen atoms in total. The third-order valence-corrected chi connectivity index (χ3v) is 3.00. The van der Waals surface area contributed by atoms with Crippen LogP contribution in [0.15, 0.2) is 24.3 Å². The standard InChI is InChI=1S/C13H14N2/c1-10(2)13(3,9-15)12-6-4-11(8-14)5-7-12/h4-7,10H,1-3H3. The second-order valence-electron chi connectivity index (χ2n) is 4.16. The number of rotatable bonds is 2. The van der Waals surface area contributed by atoms with E-state index in [2.05, 4.69) is 12.1 Å². The van der Waals surface area contributed by atoms with Gasteiger partial charge >= 0.3 is 0 Å². The van der Waals surface area contributed by atoms with E-state index in [1.165, 1.54) is 0 Å². The van der Waals surface area contributed by atoms with Crippen molar-refractivity contribution in [1.82, 2.24) is 0 Å². The lowest BCUT2D eigenvalue weighted by molar-refractivity contribution is 0.431. The largest absolute Gasteiger partial charge is 0.197 e. The molecule has 0 aromatic heterocycles. The van der Waals surface area contributed by atoms with E-state index in [9.17, 15) is 5.26 Å². The molecule has 1 aromatic carbocycles. The Kier molecular flexibility index (Phi) is 3.12. The maximum Gasteiger partial charge on any atom is 0.0991 e. The highest BCUT2D eigenvalue weighted by Crippen LogP contribution is 2.31. The summed E-state index contributed by atoms with van der Waals surface area (Å²) in [7, 11) is 0. The molecule has 0 saturated carbocycles. The lowest BCUT2D eigenvalue weighted by atomic mass is 9.74. The van der Waals surface area contributed by atoms with Crippen molar-refractivity contribution in [1.29, 1.82) is 10.5 Å². The Hall–Kier alpha value is -1.80. The number of nitriles is 2. The van der Waals surface area contributed by atoms with Crippen LogP contribution in [0.25, 0.3) is 0 Å². The fourth-order valence-electron chi connectivity index (χ4n) is 1.42. The third kappa shape index (κ3) is 2.00. The molecule has 0 bridgehead atoms. The smallest absolute Gasteiger partial charge is 0.0991 e. The van der Waals surface area contributed by atoms with Crippen LogP contribution in [0.3, 0.4) is 0 Å². The maximum absolute atomic E-state index is 9.22. The summed E-state index contributed by atoms with van der Waals surface area (Å²) in [6, 6.07) is 11.7. The summed E-state index contributed by atoms with van der Waals surface area (Å²) < 4.78 is 0. The van der Waals surface area contributed by atoms with Crippen LogP contribution in [-0.4, -0.2) is 0 Å². The molecular formula is C13H14N2. The Morgan fingerprint density at radius 2 is 1.67 bits per heavy atom. The maximum atomic E-state index is 9.22. The first-order valence-corrected chi connectivity index (χ1v) is 4.96. The highest BCUT2D eigenvalue weighted by atomic mass is 14.4. The minimum absolute atomic E-state index is 0.246. The lowest BCUT2D eigenvalue weighted by Crippen LogP contribution is -2.26. The van der Waals surface area contributed by atoms with Gasteiger partial charge in [-0.25, -0.2) is 0 Å². The van der Waals surface area contributed by atoms with Gasteiger partial charge in [0.1, 0.15) is 0 Å². The molecule has 15 heavy (non-hydrogen) atoms. The first kappa shape index (κ1) is 11.3. The van der Waals surface area contributed by atoms with Crippen molar-refractivity contribution in [2.45, 2.75) is 26.2 Å². The highest BCUT2D eigenvalue weighted by molar-refractivity contribution is 5.38. The molecular weight excluding hydrogens is 184 g/mol. The quantitative estimate of drug-likeness (QED) is 0.733. The van der Waals surface area contributed by atoms with E-state index >= 15 is 0 Å². The molecule has 1 atom stereocenters. The summed E-state index contributed by atoms with van der Waals surface area (Å²) in [4.78, 5) is 0. The molecule has 0 radical (unpaired) electrons. The molecule has 0 spiro atoms. The van der Waals surface area contributed by atoms with Crippen molar-refractivity contribution in [2.24, 2.45) is 5.92 Å². The number of benzene rings is 1. The minimum Gasteiger partial charge on any atom is -0.197 e. The monoisotopic (exact) mass is 198 g/mol. The van der Waals surface area contributed by atoms with Crippen molar-refractivity contribution < 1.29 is 0 Å². The fraction of sp³-hybridized carbons (Fsp3) is 0.385. The molecule has 0 heterocycles. The first-order chi connectivity index (χ1) is 7.04. The number of hydrogen-bond acceptors (Lipinski definition) is 2. The minimum atomic E-state index is -0.478. The predicted octanol–water partition coefficient (Wildman–Crippen LogP) is 3.00. The van der Waals surface area contributed by atoms with Gasteiger partial charge < -0.3 is 0 Å². The van der Waals surface area contributed by atoms with Crippen molar-refractivity contribution in [3.63, 3.8) is 0 Å². The van der Waals surface area contributed by atoms with Crippen molar-refractivity contribution >= 4 is 0 Å². The van der Waals surface area contributed by atoms with Crippen molar-refractivity contribution in [3.05, 3.63) is 35.4 Å². The molecule has 0 N–H and O–H groups in total. The van der Waals surface area contributed by atoms with Gasteiger partial charge in [0.15, 0.2) is 0 Å². The van der Waals surface area contributed by atoms with E-state index < -0.39 is 5.41 Å². The second-order valence-corrected chi connectivity index (χ2v) is 4.16. The third-order valence-electron chi connectivity index (χ3n) is 3.00. The normalized spacial score (nSPS) is 14.0. The molecule has 0 aliphatic heterocycles. The lowest BCUT2D eigenvalue weighted by Gasteiger charge is -2.26. The Balaban J connectivity index is 3.17. The van der Waals surface area contributed by atoms with Crippen LogP contribution in [0.4, 0.5) is 0 Å². The summed E-state index contributed by atoms with van der Waals surface area (Å²) in [6.45, 7) is 5.99. The zero-order valence-electron chi connectivity index (χ0n) is 9.28. The van der Waals surface area contributed by atoms with E-state index in [4.69, 9.17) is 5.26 Å². The van der Waals surface area contributed by atoms with Gasteiger partial charge in [0, 0.05) is 0 Å². The van der Waals surface area contributed by atoms with E-state index in [-0.39, 0.29) is 5.92 Å². The van der Waals surface area contributed by atoms with E-state index in [1.807, 2.05) is 32.9 Å². The van der Waals surface area contributed by atoms with Crippen molar-refractivity contribution in [3.8, 4) is 12.1 Å². The van der Waals surface area contributed by atoms with Gasteiger partial charge in [0.25, 0.3) is 0 Å². The van der Waals surface area contributed by atoms with Gasteiger partial charge in [-0.15, -0.1) is 0 Å². The van der Waals surface area contributed by atoms with Gasteiger partial charge in [-0.1, -0.05) is 26.0 Å². The second kappa shape index (κ2) is 4.15. The molecule has 1 aromatic rings. The van der Waals surface area contributed by atoms with Gasteiger partial charge in [-0.2, -0.15) is 10.5 Å². The summed E-state index contributed by atoms with van der Waals surface area (Å²) in [5.74, 6) is 0.246. The van der Waals surface area contributed by atoms with E-state index in [0.717, 1.165) is 5.56 Å². The molecule has 1 unspecified atom stereocenters. The SMILES string of the molecule is CC(C)C(C)(C#N)c1ccc(C#N)cc1. The fourth-order valence-corrected chi connectivity index (χ4v) is 1.42. The molecule has 0 fully saturated rings. The van der Waals surface area contributed by atoms with Crippen LogP contribution in [-0.2, 0) is 5.41 Å². The Bertz CT molecular complexity index is 417. The van der Waals surface area contributed by atoms with Crippen LogP contribution in [0.2, 0.25) is 0 Å². The average molecular weight is 198 g/mol. The molecule has 0 aliphatic carbocycles. The molecule has 0 aliphatic rings. The first-order valence-electron chi connectivity index (χ1n) is 4.96. The molecule has 76 valence electrons. The molecule has 2 heteroatoms. The Morgan fingerprint density at radius 1 is 1.13 bits per heavy atom. The van der Waals surface area contributed by atoms with Crippen LogP contribution in [0.5, 0.6) is 0 Å². The molecule has 0 saturated heterocycles. The summed E-state index contributed by atoms with van der Waals surface area (Å²) in [5.41, 5.74) is 1.12. The zero-order chi connectivity index (χ0) is 11.5. The van der Waals surface area contributed by atoms with Crippen molar-refractivity contribution in [2.75, 3.05) is 0 Å². The van der Waals surface area contributed by atoms with Crippen LogP contribution >= 0.6 is 0 Å². The van der Waals surface area contributed by atoms with E-state index in [1.54, 1.807) is 12.1 Å². The Labute approximate surface area is 90.8 Å². The highest BCUT2D eigenvalue weighted by Gasteiger charge is 2.30. The number of nitrogens with zero attached hydrogens (tertiary/aromatic N) is 2.